The van der Waals surface area contributed by atoms with Gasteiger partial charge in [-0.25, -0.2) is 4.79 Å². The Kier molecular flexibility index (Phi) is 17.5. The van der Waals surface area contributed by atoms with Crippen LogP contribution in [0.15, 0.2) is 4.99 Å². The fourth-order valence-electron chi connectivity index (χ4n) is 3.81. The Balaban J connectivity index is 0.000000889. The first-order chi connectivity index (χ1) is 17.9. The van der Waals surface area contributed by atoms with Gasteiger partial charge in [0.1, 0.15) is 12.1 Å². The number of aliphatic imine (C=N–C) groups is 1. The molecule has 0 saturated carbocycles. The first kappa shape index (κ1) is 34.9. The van der Waals surface area contributed by atoms with Gasteiger partial charge in [-0.3, -0.25) is 14.4 Å². The maximum absolute atomic E-state index is 12.9. The summed E-state index contributed by atoms with van der Waals surface area (Å²) in [6, 6.07) is -2.13. The first-order valence-corrected chi connectivity index (χ1v) is 12.9. The van der Waals surface area contributed by atoms with Gasteiger partial charge < -0.3 is 19.7 Å². The fraction of sp³-hybridized carbons (Fsp3) is 0.760. The average Bonchev–Trinajstić information content (AvgIpc) is 3.38. The minimum Gasteiger partial charge on any atom is -0.469 e. The van der Waals surface area contributed by atoms with Crippen molar-refractivity contribution in [2.45, 2.75) is 90.8 Å². The summed E-state index contributed by atoms with van der Waals surface area (Å²) in [5.74, 6) is -3.38. The molecule has 1 saturated heterocycles. The molecule has 2 N–H and O–H groups in total. The minimum absolute atomic E-state index is 0.0597. The standard InChI is InChI=1S/C17H28N2O6.C8H14BNO3/c1-10(2)14(18-15(21)11(3)9-13(20)24-4)16(22)19-8-6-7-12(19)17(23)25-5;1-2-3-4-5-7(8(11)12)10-6-9-13/h10-12,14H,6-9H2,1-5H3,(H,18,21);6-7H,2-5H2,1H3,(H,11,12)/t11-,12-,14-;7-/m00/s1. The molecule has 0 aliphatic carbocycles. The number of carbonyl (C=O) groups is 5. The molecule has 13 heteroatoms. The molecular weight excluding hydrogens is 497 g/mol. The van der Waals surface area contributed by atoms with Crippen LogP contribution in [0.1, 0.15) is 72.6 Å². The summed E-state index contributed by atoms with van der Waals surface area (Å²) in [5, 5.41) is 11.4. The Morgan fingerprint density at radius 2 is 1.79 bits per heavy atom. The molecule has 1 aliphatic rings. The molecule has 4 atom stereocenters. The number of aliphatic carboxylic acids is 1. The second-order valence-corrected chi connectivity index (χ2v) is 9.41. The van der Waals surface area contributed by atoms with E-state index in [9.17, 15) is 28.7 Å². The van der Waals surface area contributed by atoms with Gasteiger partial charge in [-0.1, -0.05) is 20.8 Å². The van der Waals surface area contributed by atoms with Gasteiger partial charge in [0, 0.05) is 12.5 Å². The fourth-order valence-corrected chi connectivity index (χ4v) is 3.81. The number of esters is 2. The number of amides is 2. The Hall–Kier alpha value is -3.12. The van der Waals surface area contributed by atoms with Crippen molar-refractivity contribution in [1.29, 1.82) is 0 Å². The monoisotopic (exact) mass is 539 g/mol. The van der Waals surface area contributed by atoms with Crippen LogP contribution in [0, 0.1) is 11.8 Å². The van der Waals surface area contributed by atoms with E-state index in [0.717, 1.165) is 25.4 Å². The zero-order valence-electron chi connectivity index (χ0n) is 23.3. The maximum atomic E-state index is 12.9. The van der Waals surface area contributed by atoms with E-state index >= 15 is 0 Å². The predicted molar refractivity (Wildman–Crippen MR) is 140 cm³/mol. The number of ether oxygens (including phenoxy) is 2. The predicted octanol–water partition coefficient (Wildman–Crippen LogP) is 1.59. The maximum Gasteiger partial charge on any atom is 0.328 e. The third-order valence-corrected chi connectivity index (χ3v) is 6.08. The van der Waals surface area contributed by atoms with Gasteiger partial charge in [-0.05, 0) is 18.8 Å². The Labute approximate surface area is 225 Å². The number of unbranched alkanes of at least 4 members (excludes halogenated alkanes) is 2. The largest absolute Gasteiger partial charge is 0.469 e. The number of carboxylic acid groups (broad SMARTS) is 1. The molecule has 1 fully saturated rings. The number of nitrogens with zero attached hydrogens (tertiary/aromatic N) is 2. The summed E-state index contributed by atoms with van der Waals surface area (Å²) in [6.07, 6.45) is 5.60. The summed E-state index contributed by atoms with van der Waals surface area (Å²) >= 11 is 0. The number of carbonyl (C=O) groups excluding carboxylic acids is 4. The number of rotatable bonds is 14. The van der Waals surface area contributed by atoms with Crippen molar-refractivity contribution in [2.75, 3.05) is 20.8 Å². The molecule has 0 radical (unpaired) electrons. The van der Waals surface area contributed by atoms with Crippen molar-refractivity contribution in [2.24, 2.45) is 16.8 Å². The topological polar surface area (TPSA) is 169 Å². The summed E-state index contributed by atoms with van der Waals surface area (Å²) in [5.41, 5.74) is 0. The average molecular weight is 539 g/mol. The second-order valence-electron chi connectivity index (χ2n) is 9.41. The van der Waals surface area contributed by atoms with Crippen molar-refractivity contribution in [3.05, 3.63) is 0 Å². The summed E-state index contributed by atoms with van der Waals surface area (Å²) in [6.45, 7) is 7.73. The molecule has 0 spiro atoms. The van der Waals surface area contributed by atoms with Gasteiger partial charge in [0.25, 0.3) is 0 Å². The van der Waals surface area contributed by atoms with Crippen molar-refractivity contribution < 1.29 is 43.3 Å². The Morgan fingerprint density at radius 3 is 2.29 bits per heavy atom. The van der Waals surface area contributed by atoms with E-state index in [0.29, 0.717) is 33.0 Å². The molecule has 0 bridgehead atoms. The zero-order valence-corrected chi connectivity index (χ0v) is 23.3. The van der Waals surface area contributed by atoms with E-state index in [4.69, 9.17) is 9.84 Å². The Morgan fingerprint density at radius 1 is 1.13 bits per heavy atom. The number of nitrogens with one attached hydrogen (secondary N) is 1. The molecule has 1 rings (SSSR count). The summed E-state index contributed by atoms with van der Waals surface area (Å²) in [4.78, 5) is 64.0. The molecule has 0 aromatic rings. The van der Waals surface area contributed by atoms with Gasteiger partial charge >= 0.3 is 89.4 Å². The van der Waals surface area contributed by atoms with Crippen LogP contribution >= 0.6 is 0 Å². The van der Waals surface area contributed by atoms with Crippen LogP contribution in [-0.2, 0) is 38.2 Å². The molecule has 12 nitrogen and oxygen atoms in total. The van der Waals surface area contributed by atoms with Crippen LogP contribution in [0.3, 0.4) is 0 Å². The molecule has 0 unspecified atom stereocenters. The number of carboxylic acids is 1. The normalized spacial score (nSPS) is 17.0. The van der Waals surface area contributed by atoms with E-state index in [1.54, 1.807) is 6.92 Å². The smallest absolute Gasteiger partial charge is 0.328 e. The van der Waals surface area contributed by atoms with Crippen molar-refractivity contribution >= 4 is 43.0 Å². The molecule has 1 heterocycles. The molecule has 0 aromatic heterocycles. The zero-order chi connectivity index (χ0) is 29.3. The number of hydrogen-bond donors (Lipinski definition) is 2. The third-order valence-electron chi connectivity index (χ3n) is 6.08. The van der Waals surface area contributed by atoms with E-state index in [-0.39, 0.29) is 18.2 Å². The molecule has 38 heavy (non-hydrogen) atoms. The van der Waals surface area contributed by atoms with Gasteiger partial charge in [0.2, 0.25) is 11.8 Å². The molecule has 0 aromatic carbocycles. The van der Waals surface area contributed by atoms with Crippen LogP contribution in [0.2, 0.25) is 0 Å². The van der Waals surface area contributed by atoms with Gasteiger partial charge in [-0.15, -0.1) is 0 Å². The molecule has 1 aliphatic heterocycles. The van der Waals surface area contributed by atoms with Crippen molar-refractivity contribution in [3.63, 3.8) is 0 Å². The van der Waals surface area contributed by atoms with Crippen LogP contribution in [0.4, 0.5) is 0 Å². The van der Waals surface area contributed by atoms with Gasteiger partial charge in [0.05, 0.1) is 20.6 Å². The van der Waals surface area contributed by atoms with E-state index < -0.39 is 47.9 Å². The van der Waals surface area contributed by atoms with E-state index in [2.05, 4.69) is 15.0 Å². The van der Waals surface area contributed by atoms with Crippen LogP contribution in [0.25, 0.3) is 0 Å². The quantitative estimate of drug-likeness (QED) is 0.144. The molecule has 2 amide bonds. The second kappa shape index (κ2) is 19.0. The van der Waals surface area contributed by atoms with Crippen LogP contribution < -0.4 is 5.32 Å². The van der Waals surface area contributed by atoms with Gasteiger partial charge in [0.15, 0.2) is 0 Å². The number of methoxy groups -OCH3 is 2. The summed E-state index contributed by atoms with van der Waals surface area (Å²) < 4.78 is 19.2. The molecular formula is C25H42BN3O9. The van der Waals surface area contributed by atoms with Gasteiger partial charge in [-0.2, -0.15) is 0 Å². The van der Waals surface area contributed by atoms with E-state index in [1.807, 2.05) is 20.8 Å². The Bertz CT molecular complexity index is 835. The van der Waals surface area contributed by atoms with E-state index in [1.165, 1.54) is 19.1 Å². The van der Waals surface area contributed by atoms with Crippen LogP contribution in [0.5, 0.6) is 0 Å². The number of likely N-dealkylation sites (tertiary alicyclic amines) is 1. The molecule has 214 valence electrons. The third kappa shape index (κ3) is 12.4. The van der Waals surface area contributed by atoms with Crippen molar-refractivity contribution in [3.8, 4) is 0 Å². The first-order valence-electron chi connectivity index (χ1n) is 12.9. The summed E-state index contributed by atoms with van der Waals surface area (Å²) in [7, 11) is 3.04. The SMILES string of the molecule is CCCCC[C@H](N=CB=O)C(=O)O.COC(=O)C[C@H](C)C(=O)N[C@H](C(=O)N1CCC[C@H]1C(=O)OC)C(C)C. The number of hydrogen-bond acceptors (Lipinski definition) is 9. The minimum atomic E-state index is -0.964. The van der Waals surface area contributed by atoms with Crippen LogP contribution in [-0.4, -0.2) is 91.9 Å². The van der Waals surface area contributed by atoms with Crippen molar-refractivity contribution in [1.82, 2.24) is 10.2 Å².